The fourth-order valence-corrected chi connectivity index (χ4v) is 2.69. The first kappa shape index (κ1) is 13.7. The van der Waals surface area contributed by atoms with Crippen molar-refractivity contribution in [1.29, 1.82) is 0 Å². The summed E-state index contributed by atoms with van der Waals surface area (Å²) in [5.41, 5.74) is 0.943. The molecule has 4 nitrogen and oxygen atoms in total. The first-order valence-corrected chi connectivity index (χ1v) is 6.46. The van der Waals surface area contributed by atoms with Crippen LogP contribution in [0.3, 0.4) is 0 Å². The topological polar surface area (TPSA) is 55.8 Å². The molecule has 104 valence electrons. The minimum atomic E-state index is -0.792. The van der Waals surface area contributed by atoms with E-state index in [-0.39, 0.29) is 5.92 Å². The van der Waals surface area contributed by atoms with Crippen LogP contribution in [0.1, 0.15) is 43.7 Å². The maximum Gasteiger partial charge on any atom is 0.314 e. The Labute approximate surface area is 113 Å². The summed E-state index contributed by atoms with van der Waals surface area (Å²) < 4.78 is 10.8. The molecule has 0 saturated heterocycles. The van der Waals surface area contributed by atoms with Crippen molar-refractivity contribution >= 4 is 5.97 Å². The summed E-state index contributed by atoms with van der Waals surface area (Å²) in [5, 5.41) is 9.55. The number of methoxy groups -OCH3 is 2. The quantitative estimate of drug-likeness (QED) is 0.888. The normalized spacial score (nSPS) is 16.3. The molecule has 0 aromatic heterocycles. The number of benzene rings is 1. The second kappa shape index (κ2) is 4.76. The molecule has 0 aliphatic heterocycles. The van der Waals surface area contributed by atoms with Crippen molar-refractivity contribution in [3.8, 4) is 11.5 Å². The van der Waals surface area contributed by atoms with Gasteiger partial charge in [0.2, 0.25) is 0 Å². The first-order valence-electron chi connectivity index (χ1n) is 6.46. The van der Waals surface area contributed by atoms with Gasteiger partial charge in [-0.3, -0.25) is 4.79 Å². The predicted molar refractivity (Wildman–Crippen MR) is 72.2 cm³/mol. The molecule has 4 heteroatoms. The number of carboxylic acids is 1. The molecule has 1 fully saturated rings. The van der Waals surface area contributed by atoms with Crippen LogP contribution in [0.15, 0.2) is 12.1 Å². The number of hydrogen-bond acceptors (Lipinski definition) is 3. The first-order chi connectivity index (χ1) is 8.97. The van der Waals surface area contributed by atoms with E-state index < -0.39 is 11.4 Å². The predicted octanol–water partition coefficient (Wildman–Crippen LogP) is 2.94. The summed E-state index contributed by atoms with van der Waals surface area (Å²) >= 11 is 0. The Morgan fingerprint density at radius 2 is 1.74 bits per heavy atom. The fraction of sp³-hybridized carbons (Fsp3) is 0.533. The largest absolute Gasteiger partial charge is 0.496 e. The average Bonchev–Trinajstić information content (AvgIpc) is 3.18. The van der Waals surface area contributed by atoms with E-state index in [1.807, 2.05) is 19.9 Å². The van der Waals surface area contributed by atoms with Crippen molar-refractivity contribution in [2.45, 2.75) is 38.0 Å². The highest BCUT2D eigenvalue weighted by atomic mass is 16.5. The molecule has 0 amide bonds. The lowest BCUT2D eigenvalue weighted by molar-refractivity contribution is -0.140. The highest BCUT2D eigenvalue weighted by molar-refractivity contribution is 5.87. The molecular formula is C15H20O4. The molecule has 0 spiro atoms. The second-order valence-corrected chi connectivity index (χ2v) is 5.30. The Balaban J connectivity index is 2.72. The Bertz CT molecular complexity index is 501. The van der Waals surface area contributed by atoms with Crippen LogP contribution < -0.4 is 9.47 Å². The molecule has 19 heavy (non-hydrogen) atoms. The zero-order chi connectivity index (χ0) is 14.2. The van der Waals surface area contributed by atoms with E-state index in [4.69, 9.17) is 9.47 Å². The van der Waals surface area contributed by atoms with Crippen molar-refractivity contribution in [3.63, 3.8) is 0 Å². The van der Waals surface area contributed by atoms with Gasteiger partial charge in [-0.15, -0.1) is 0 Å². The highest BCUT2D eigenvalue weighted by Gasteiger charge is 2.55. The number of aliphatic carboxylic acids is 1. The molecule has 2 rings (SSSR count). The molecule has 0 bridgehead atoms. The number of ether oxygens (including phenoxy) is 2. The Morgan fingerprint density at radius 1 is 1.21 bits per heavy atom. The van der Waals surface area contributed by atoms with E-state index in [2.05, 4.69) is 0 Å². The molecule has 1 saturated carbocycles. The number of carbonyl (C=O) groups is 1. The third kappa shape index (κ3) is 2.05. The Morgan fingerprint density at radius 3 is 2.11 bits per heavy atom. The van der Waals surface area contributed by atoms with E-state index >= 15 is 0 Å². The van der Waals surface area contributed by atoms with E-state index in [9.17, 15) is 9.90 Å². The maximum absolute atomic E-state index is 11.6. The van der Waals surface area contributed by atoms with E-state index in [1.54, 1.807) is 20.3 Å². The van der Waals surface area contributed by atoms with Gasteiger partial charge < -0.3 is 14.6 Å². The molecule has 1 aliphatic rings. The lowest BCUT2D eigenvalue weighted by Crippen LogP contribution is -2.23. The fourth-order valence-electron chi connectivity index (χ4n) is 2.69. The minimum Gasteiger partial charge on any atom is -0.496 e. The van der Waals surface area contributed by atoms with Crippen molar-refractivity contribution in [1.82, 2.24) is 0 Å². The molecule has 1 N–H and O–H groups in total. The van der Waals surface area contributed by atoms with Gasteiger partial charge in [0.15, 0.2) is 0 Å². The minimum absolute atomic E-state index is 0.178. The van der Waals surface area contributed by atoms with Crippen LogP contribution in [0.5, 0.6) is 11.5 Å². The summed E-state index contributed by atoms with van der Waals surface area (Å²) in [6, 6.07) is 3.64. The van der Waals surface area contributed by atoms with Crippen LogP contribution in [0, 0.1) is 0 Å². The lowest BCUT2D eigenvalue weighted by Gasteiger charge is -2.23. The van der Waals surface area contributed by atoms with Crippen LogP contribution >= 0.6 is 0 Å². The van der Waals surface area contributed by atoms with Crippen molar-refractivity contribution in [3.05, 3.63) is 23.3 Å². The maximum atomic E-state index is 11.6. The number of carboxylic acid groups (broad SMARTS) is 1. The van der Waals surface area contributed by atoms with Gasteiger partial charge >= 0.3 is 5.97 Å². The Hall–Kier alpha value is -1.71. The van der Waals surface area contributed by atoms with Crippen LogP contribution in [0.4, 0.5) is 0 Å². The molecule has 1 aromatic carbocycles. The van der Waals surface area contributed by atoms with Gasteiger partial charge in [0.25, 0.3) is 0 Å². The van der Waals surface area contributed by atoms with Crippen molar-refractivity contribution in [2.75, 3.05) is 14.2 Å². The summed E-state index contributed by atoms with van der Waals surface area (Å²) in [6.07, 6.45) is 1.32. The molecule has 1 aliphatic carbocycles. The monoisotopic (exact) mass is 264 g/mol. The number of rotatable bonds is 5. The highest BCUT2D eigenvalue weighted by Crippen LogP contribution is 2.55. The zero-order valence-electron chi connectivity index (χ0n) is 11.8. The smallest absolute Gasteiger partial charge is 0.314 e. The average molecular weight is 264 g/mol. The van der Waals surface area contributed by atoms with E-state index in [0.29, 0.717) is 18.6 Å². The third-order valence-corrected chi connectivity index (χ3v) is 3.82. The van der Waals surface area contributed by atoms with Crippen molar-refractivity contribution in [2.24, 2.45) is 0 Å². The molecule has 1 aromatic rings. The van der Waals surface area contributed by atoms with Gasteiger partial charge in [-0.25, -0.2) is 0 Å². The standard InChI is InChI=1S/C15H20O4/c1-9(2)12-10(18-3)5-6-11(19-4)13(12)15(7-8-15)14(16)17/h5-6,9H,7-8H2,1-4H3,(H,16,17). The second-order valence-electron chi connectivity index (χ2n) is 5.30. The third-order valence-electron chi connectivity index (χ3n) is 3.82. The Kier molecular flexibility index (Phi) is 3.43. The van der Waals surface area contributed by atoms with E-state index in [0.717, 1.165) is 16.9 Å². The lowest BCUT2D eigenvalue weighted by atomic mass is 9.85. The van der Waals surface area contributed by atoms with Gasteiger partial charge in [0.1, 0.15) is 11.5 Å². The van der Waals surface area contributed by atoms with Gasteiger partial charge in [0.05, 0.1) is 19.6 Å². The number of hydrogen-bond donors (Lipinski definition) is 1. The van der Waals surface area contributed by atoms with Crippen LogP contribution in [-0.4, -0.2) is 25.3 Å². The van der Waals surface area contributed by atoms with Gasteiger partial charge in [-0.2, -0.15) is 0 Å². The van der Waals surface area contributed by atoms with Crippen LogP contribution in [-0.2, 0) is 10.2 Å². The van der Waals surface area contributed by atoms with Crippen LogP contribution in [0.25, 0.3) is 0 Å². The molecule has 0 heterocycles. The molecule has 0 atom stereocenters. The van der Waals surface area contributed by atoms with Crippen molar-refractivity contribution < 1.29 is 19.4 Å². The summed E-state index contributed by atoms with van der Waals surface area (Å²) in [7, 11) is 3.19. The van der Waals surface area contributed by atoms with Gasteiger partial charge in [-0.1, -0.05) is 13.8 Å². The molecular weight excluding hydrogens is 244 g/mol. The van der Waals surface area contributed by atoms with Gasteiger partial charge in [-0.05, 0) is 30.9 Å². The summed E-state index contributed by atoms with van der Waals surface area (Å²) in [6.45, 7) is 4.08. The molecule has 0 radical (unpaired) electrons. The van der Waals surface area contributed by atoms with Gasteiger partial charge in [0, 0.05) is 11.1 Å². The van der Waals surface area contributed by atoms with Crippen LogP contribution in [0.2, 0.25) is 0 Å². The summed E-state index contributed by atoms with van der Waals surface area (Å²) in [4.78, 5) is 11.6. The molecule has 0 unspecified atom stereocenters. The zero-order valence-corrected chi connectivity index (χ0v) is 11.8. The SMILES string of the molecule is COc1ccc(OC)c(C2(C(=O)O)CC2)c1C(C)C. The summed E-state index contributed by atoms with van der Waals surface area (Å²) in [5.74, 6) is 0.778. The van der Waals surface area contributed by atoms with E-state index in [1.165, 1.54) is 0 Å².